The van der Waals surface area contributed by atoms with Crippen LogP contribution in [-0.4, -0.2) is 23.8 Å². The molecule has 21 heavy (non-hydrogen) atoms. The third-order valence-electron chi connectivity index (χ3n) is 2.74. The van der Waals surface area contributed by atoms with Gasteiger partial charge in [-0.3, -0.25) is 4.79 Å². The Morgan fingerprint density at radius 1 is 1.24 bits per heavy atom. The van der Waals surface area contributed by atoms with Gasteiger partial charge in [-0.2, -0.15) is 0 Å². The van der Waals surface area contributed by atoms with Crippen LogP contribution in [0.1, 0.15) is 39.1 Å². The number of hydrogen-bond acceptors (Lipinski definition) is 5. The van der Waals surface area contributed by atoms with Crippen LogP contribution in [0.15, 0.2) is 24.3 Å². The maximum atomic E-state index is 12.5. The molecule has 0 unspecified atom stereocenters. The molecule has 0 radical (unpaired) electrons. The minimum Gasteiger partial charge on any atom is -0.464 e. The van der Waals surface area contributed by atoms with Gasteiger partial charge >= 0.3 is 5.97 Å². The molecule has 0 saturated heterocycles. The second-order valence-electron chi connectivity index (χ2n) is 4.17. The van der Waals surface area contributed by atoms with E-state index in [0.29, 0.717) is 10.6 Å². The fourth-order valence-electron chi connectivity index (χ4n) is 1.69. The molecule has 2 aromatic rings. The number of hydrogen-bond donors (Lipinski definition) is 0. The summed E-state index contributed by atoms with van der Waals surface area (Å²) in [4.78, 5) is 27.4. The summed E-state index contributed by atoms with van der Waals surface area (Å²) in [5.41, 5.74) is 0.403. The van der Waals surface area contributed by atoms with Gasteiger partial charge in [0.2, 0.25) is 0 Å². The highest BCUT2D eigenvalue weighted by molar-refractivity contribution is 7.17. The van der Waals surface area contributed by atoms with E-state index in [1.165, 1.54) is 38.3 Å². The van der Waals surface area contributed by atoms with E-state index in [2.05, 4.69) is 9.72 Å². The molecule has 0 aliphatic heterocycles. The van der Waals surface area contributed by atoms with Crippen LogP contribution in [0, 0.1) is 0 Å². The maximum Gasteiger partial charge on any atom is 0.358 e. The molecule has 0 saturated carbocycles. The summed E-state index contributed by atoms with van der Waals surface area (Å²) in [5.74, 6) is -1.00. The number of benzene rings is 1. The lowest BCUT2D eigenvalue weighted by atomic mass is 10.1. The van der Waals surface area contributed by atoms with Gasteiger partial charge in [-0.1, -0.05) is 24.3 Å². The molecule has 0 atom stereocenters. The molecular formula is C14H11F2NO3S. The van der Waals surface area contributed by atoms with Crippen LogP contribution in [0.3, 0.4) is 0 Å². The maximum absolute atomic E-state index is 12.5. The molecule has 0 fully saturated rings. The van der Waals surface area contributed by atoms with Crippen LogP contribution in [-0.2, 0) is 4.74 Å². The number of nitrogens with zero attached hydrogens (tertiary/aromatic N) is 1. The van der Waals surface area contributed by atoms with Crippen LogP contribution in [0.25, 0.3) is 10.6 Å². The molecule has 1 aromatic carbocycles. The van der Waals surface area contributed by atoms with E-state index in [1.54, 1.807) is 0 Å². The lowest BCUT2D eigenvalue weighted by molar-refractivity contribution is 0.0591. The monoisotopic (exact) mass is 311 g/mol. The minimum atomic E-state index is -2.55. The summed E-state index contributed by atoms with van der Waals surface area (Å²) in [7, 11) is 1.20. The Balaban J connectivity index is 2.44. The zero-order chi connectivity index (χ0) is 15.6. The van der Waals surface area contributed by atoms with Crippen molar-refractivity contribution in [2.75, 3.05) is 7.11 Å². The van der Waals surface area contributed by atoms with E-state index in [0.717, 1.165) is 11.3 Å². The molecule has 1 aromatic heterocycles. The third-order valence-corrected chi connectivity index (χ3v) is 3.94. The van der Waals surface area contributed by atoms with Crippen molar-refractivity contribution in [1.82, 2.24) is 4.98 Å². The molecule has 0 spiro atoms. The fourth-order valence-corrected chi connectivity index (χ4v) is 2.64. The summed E-state index contributed by atoms with van der Waals surface area (Å²) in [5, 5.41) is 0.404. The normalized spacial score (nSPS) is 10.7. The molecule has 0 aliphatic carbocycles. The number of methoxy groups -OCH3 is 1. The summed E-state index contributed by atoms with van der Waals surface area (Å²) in [6, 6.07) is 5.52. The van der Waals surface area contributed by atoms with Crippen molar-refractivity contribution in [2.45, 2.75) is 13.3 Å². The van der Waals surface area contributed by atoms with Gasteiger partial charge in [0, 0.05) is 18.1 Å². The number of carbonyl (C=O) groups excluding carboxylic acids is 2. The Morgan fingerprint density at radius 2 is 1.86 bits per heavy atom. The molecular weight excluding hydrogens is 300 g/mol. The van der Waals surface area contributed by atoms with E-state index in [9.17, 15) is 18.4 Å². The molecule has 4 nitrogen and oxygen atoms in total. The Kier molecular flexibility index (Phi) is 4.42. The number of thiazole rings is 1. The van der Waals surface area contributed by atoms with Crippen LogP contribution in [0.4, 0.5) is 8.78 Å². The van der Waals surface area contributed by atoms with E-state index in [-0.39, 0.29) is 21.9 Å². The van der Waals surface area contributed by atoms with E-state index < -0.39 is 12.4 Å². The molecule has 0 aliphatic rings. The van der Waals surface area contributed by atoms with Gasteiger partial charge in [0.05, 0.1) is 7.11 Å². The molecule has 0 amide bonds. The first kappa shape index (κ1) is 15.2. The molecule has 0 N–H and O–H groups in total. The molecule has 0 bridgehead atoms. The van der Waals surface area contributed by atoms with Gasteiger partial charge in [0.25, 0.3) is 6.43 Å². The minimum absolute atomic E-state index is 0.0528. The molecule has 2 rings (SSSR count). The highest BCUT2D eigenvalue weighted by Crippen LogP contribution is 2.30. The van der Waals surface area contributed by atoms with E-state index in [1.807, 2.05) is 0 Å². The van der Waals surface area contributed by atoms with Crippen molar-refractivity contribution in [2.24, 2.45) is 0 Å². The topological polar surface area (TPSA) is 56.3 Å². The number of Topliss-reactive ketones (excluding diaryl/α,β-unsaturated/α-hetero) is 1. The van der Waals surface area contributed by atoms with Crippen molar-refractivity contribution in [3.8, 4) is 10.6 Å². The standard InChI is InChI=1S/C14H11F2NO3S/c1-7(18)11-10(14(19)20-2)17-13(21-11)9-5-3-8(4-6-9)12(15)16/h3-6,12H,1-2H3. The predicted molar refractivity (Wildman–Crippen MR) is 73.9 cm³/mol. The quantitative estimate of drug-likeness (QED) is 0.637. The third kappa shape index (κ3) is 3.13. The van der Waals surface area contributed by atoms with Crippen LogP contribution < -0.4 is 0 Å². The van der Waals surface area contributed by atoms with Gasteiger partial charge in [-0.25, -0.2) is 18.6 Å². The van der Waals surface area contributed by atoms with Crippen LogP contribution in [0.5, 0.6) is 0 Å². The highest BCUT2D eigenvalue weighted by Gasteiger charge is 2.22. The van der Waals surface area contributed by atoms with Gasteiger partial charge in [-0.05, 0) is 0 Å². The number of ether oxygens (including phenoxy) is 1. The number of carbonyl (C=O) groups is 2. The van der Waals surface area contributed by atoms with Gasteiger partial charge in [0.15, 0.2) is 11.5 Å². The largest absolute Gasteiger partial charge is 0.464 e. The Morgan fingerprint density at radius 3 is 2.33 bits per heavy atom. The van der Waals surface area contributed by atoms with Gasteiger partial charge in [0.1, 0.15) is 9.88 Å². The fraction of sp³-hybridized carbons (Fsp3) is 0.214. The smallest absolute Gasteiger partial charge is 0.358 e. The average Bonchev–Trinajstić information content (AvgIpc) is 2.92. The number of aromatic nitrogens is 1. The second kappa shape index (κ2) is 6.09. The SMILES string of the molecule is COC(=O)c1nc(-c2ccc(C(F)F)cc2)sc1C(C)=O. The first-order valence-electron chi connectivity index (χ1n) is 5.92. The summed E-state index contributed by atoms with van der Waals surface area (Å²) in [6.45, 7) is 1.32. The van der Waals surface area contributed by atoms with E-state index in [4.69, 9.17) is 0 Å². The summed E-state index contributed by atoms with van der Waals surface area (Å²) in [6.07, 6.45) is -2.55. The van der Waals surface area contributed by atoms with Crippen molar-refractivity contribution in [3.05, 3.63) is 40.4 Å². The predicted octanol–water partition coefficient (Wildman–Crippen LogP) is 3.74. The lowest BCUT2D eigenvalue weighted by Crippen LogP contribution is -2.06. The summed E-state index contributed by atoms with van der Waals surface area (Å²) >= 11 is 1.03. The zero-order valence-electron chi connectivity index (χ0n) is 11.2. The zero-order valence-corrected chi connectivity index (χ0v) is 12.0. The van der Waals surface area contributed by atoms with Gasteiger partial charge < -0.3 is 4.74 Å². The van der Waals surface area contributed by atoms with Gasteiger partial charge in [-0.15, -0.1) is 11.3 Å². The summed E-state index contributed by atoms with van der Waals surface area (Å²) < 4.78 is 29.6. The van der Waals surface area contributed by atoms with Crippen LogP contribution >= 0.6 is 11.3 Å². The van der Waals surface area contributed by atoms with Crippen molar-refractivity contribution in [1.29, 1.82) is 0 Å². The number of alkyl halides is 2. The number of rotatable bonds is 4. The van der Waals surface area contributed by atoms with Crippen molar-refractivity contribution < 1.29 is 23.1 Å². The Hall–Kier alpha value is -2.15. The highest BCUT2D eigenvalue weighted by atomic mass is 32.1. The Bertz CT molecular complexity index is 680. The van der Waals surface area contributed by atoms with E-state index >= 15 is 0 Å². The Labute approximate surface area is 123 Å². The lowest BCUT2D eigenvalue weighted by Gasteiger charge is -2.00. The van der Waals surface area contributed by atoms with Crippen LogP contribution in [0.2, 0.25) is 0 Å². The molecule has 7 heteroatoms. The average molecular weight is 311 g/mol. The van der Waals surface area contributed by atoms with Crippen molar-refractivity contribution >= 4 is 23.1 Å². The molecule has 110 valence electrons. The molecule has 1 heterocycles. The number of esters is 1. The van der Waals surface area contributed by atoms with Crippen molar-refractivity contribution in [3.63, 3.8) is 0 Å². The first-order chi connectivity index (χ1) is 9.93. The first-order valence-corrected chi connectivity index (χ1v) is 6.74. The second-order valence-corrected chi connectivity index (χ2v) is 5.17. The number of ketones is 1. The number of halogens is 2.